The molecule has 0 amide bonds. The lowest BCUT2D eigenvalue weighted by Crippen LogP contribution is -1.99. The number of halogens is 2. The van der Waals surface area contributed by atoms with Crippen molar-refractivity contribution < 1.29 is 14.6 Å². The molecule has 0 bridgehead atoms. The molecule has 150 valence electrons. The zero-order valence-corrected chi connectivity index (χ0v) is 19.1. The molecule has 1 heterocycles. The van der Waals surface area contributed by atoms with E-state index >= 15 is 0 Å². The highest BCUT2D eigenvalue weighted by Gasteiger charge is 2.13. The van der Waals surface area contributed by atoms with E-state index in [9.17, 15) is 5.11 Å². The number of hydrogen-bond donors (Lipinski definition) is 2. The highest BCUT2D eigenvalue weighted by molar-refractivity contribution is 9.11. The van der Waals surface area contributed by atoms with Crippen LogP contribution in [-0.2, 0) is 0 Å². The Morgan fingerprint density at radius 3 is 2.52 bits per heavy atom. The van der Waals surface area contributed by atoms with E-state index in [1.807, 2.05) is 19.1 Å². The number of phenols is 1. The van der Waals surface area contributed by atoms with E-state index in [1.165, 1.54) is 0 Å². The van der Waals surface area contributed by atoms with Gasteiger partial charge in [0.25, 0.3) is 0 Å². The van der Waals surface area contributed by atoms with Crippen LogP contribution in [0.2, 0.25) is 0 Å². The average Bonchev–Trinajstić information content (AvgIpc) is 2.70. The minimum Gasteiger partial charge on any atom is -0.506 e. The number of benzene rings is 2. The molecule has 0 aliphatic rings. The lowest BCUT2D eigenvalue weighted by molar-refractivity contribution is 0.355. The van der Waals surface area contributed by atoms with Crippen molar-refractivity contribution in [1.29, 1.82) is 0 Å². The van der Waals surface area contributed by atoms with Gasteiger partial charge >= 0.3 is 0 Å². The SMILES string of the molecule is COc1ccc(/C=N/Nc2cc(C)nc(-c3cc(Br)cc(Br)c3O)n2)cc1OC. The van der Waals surface area contributed by atoms with Crippen LogP contribution in [0, 0.1) is 6.92 Å². The molecule has 0 aliphatic heterocycles. The first kappa shape index (κ1) is 21.1. The van der Waals surface area contributed by atoms with Crippen LogP contribution < -0.4 is 14.9 Å². The van der Waals surface area contributed by atoms with Gasteiger partial charge in [0.2, 0.25) is 0 Å². The van der Waals surface area contributed by atoms with Gasteiger partial charge in [-0.1, -0.05) is 15.9 Å². The van der Waals surface area contributed by atoms with E-state index < -0.39 is 0 Å². The second-order valence-electron chi connectivity index (χ2n) is 5.99. The van der Waals surface area contributed by atoms with Crippen molar-refractivity contribution in [2.45, 2.75) is 6.92 Å². The van der Waals surface area contributed by atoms with Gasteiger partial charge in [0.1, 0.15) is 5.75 Å². The molecule has 3 rings (SSSR count). The van der Waals surface area contributed by atoms with Gasteiger partial charge in [-0.2, -0.15) is 5.10 Å². The monoisotopic (exact) mass is 520 g/mol. The fourth-order valence-electron chi connectivity index (χ4n) is 2.59. The third-order valence-corrected chi connectivity index (χ3v) is 4.99. The molecule has 0 aliphatic carbocycles. The molecule has 29 heavy (non-hydrogen) atoms. The van der Waals surface area contributed by atoms with Crippen molar-refractivity contribution >= 4 is 43.9 Å². The molecule has 0 atom stereocenters. The molecule has 0 unspecified atom stereocenters. The Hall–Kier alpha value is -2.65. The van der Waals surface area contributed by atoms with Gasteiger partial charge in [-0.15, -0.1) is 0 Å². The molecule has 1 aromatic heterocycles. The summed E-state index contributed by atoms with van der Waals surface area (Å²) in [6.45, 7) is 1.85. The Labute approximate surface area is 185 Å². The number of methoxy groups -OCH3 is 2. The molecular formula is C20H18Br2N4O3. The molecule has 9 heteroatoms. The number of aryl methyl sites for hydroxylation is 1. The van der Waals surface area contributed by atoms with Crippen LogP contribution >= 0.6 is 31.9 Å². The number of aromatic nitrogens is 2. The zero-order valence-electron chi connectivity index (χ0n) is 15.9. The maximum atomic E-state index is 10.4. The van der Waals surface area contributed by atoms with Crippen LogP contribution in [0.3, 0.4) is 0 Å². The number of hydrazone groups is 1. The molecule has 0 saturated heterocycles. The summed E-state index contributed by atoms with van der Waals surface area (Å²) in [6, 6.07) is 10.8. The van der Waals surface area contributed by atoms with Gasteiger partial charge in [0.15, 0.2) is 23.1 Å². The highest BCUT2D eigenvalue weighted by Crippen LogP contribution is 2.37. The Kier molecular flexibility index (Phi) is 6.71. The van der Waals surface area contributed by atoms with Crippen molar-refractivity contribution in [1.82, 2.24) is 9.97 Å². The third kappa shape index (κ3) is 5.04. The second kappa shape index (κ2) is 9.23. The molecule has 0 spiro atoms. The standard InChI is InChI=1S/C20H18Br2N4O3/c1-11-6-18(25-20(24-11)14-8-13(21)9-15(22)19(14)27)26-23-10-12-4-5-16(28-2)17(7-12)29-3/h4-10,27H,1-3H3,(H,24,25,26)/b23-10+. The van der Waals surface area contributed by atoms with E-state index in [1.54, 1.807) is 44.7 Å². The fraction of sp³-hybridized carbons (Fsp3) is 0.150. The first-order valence-electron chi connectivity index (χ1n) is 8.46. The number of rotatable bonds is 6. The van der Waals surface area contributed by atoms with E-state index in [4.69, 9.17) is 9.47 Å². The summed E-state index contributed by atoms with van der Waals surface area (Å²) < 4.78 is 11.9. The highest BCUT2D eigenvalue weighted by atomic mass is 79.9. The van der Waals surface area contributed by atoms with E-state index in [0.29, 0.717) is 33.2 Å². The predicted molar refractivity (Wildman–Crippen MR) is 120 cm³/mol. The van der Waals surface area contributed by atoms with Gasteiger partial charge in [-0.05, 0) is 58.7 Å². The fourth-order valence-corrected chi connectivity index (χ4v) is 3.81. The number of anilines is 1. The molecule has 2 N–H and O–H groups in total. The summed E-state index contributed by atoms with van der Waals surface area (Å²) in [4.78, 5) is 8.88. The number of phenolic OH excluding ortho intramolecular Hbond substituents is 1. The topological polar surface area (TPSA) is 88.9 Å². The molecule has 0 fully saturated rings. The molecule has 7 nitrogen and oxygen atoms in total. The summed E-state index contributed by atoms with van der Waals surface area (Å²) in [6.07, 6.45) is 1.65. The quantitative estimate of drug-likeness (QED) is 0.344. The second-order valence-corrected chi connectivity index (χ2v) is 7.76. The Morgan fingerprint density at radius 1 is 1.03 bits per heavy atom. The van der Waals surface area contributed by atoms with Crippen LogP contribution in [0.15, 0.2) is 50.4 Å². The van der Waals surface area contributed by atoms with Crippen molar-refractivity contribution in [2.24, 2.45) is 5.10 Å². The summed E-state index contributed by atoms with van der Waals surface area (Å²) in [5.74, 6) is 2.22. The molecule has 0 saturated carbocycles. The van der Waals surface area contributed by atoms with E-state index in [-0.39, 0.29) is 5.75 Å². The van der Waals surface area contributed by atoms with Gasteiger partial charge in [0, 0.05) is 16.2 Å². The van der Waals surface area contributed by atoms with Crippen LogP contribution in [0.25, 0.3) is 11.4 Å². The van der Waals surface area contributed by atoms with Gasteiger partial charge in [-0.25, -0.2) is 9.97 Å². The summed E-state index contributed by atoms with van der Waals surface area (Å²) >= 11 is 6.74. The Morgan fingerprint density at radius 2 is 1.79 bits per heavy atom. The first-order valence-corrected chi connectivity index (χ1v) is 10.0. The van der Waals surface area contributed by atoms with Crippen molar-refractivity contribution in [2.75, 3.05) is 19.6 Å². The molecule has 0 radical (unpaired) electrons. The normalized spacial score (nSPS) is 10.9. The zero-order chi connectivity index (χ0) is 21.0. The number of hydrogen-bond acceptors (Lipinski definition) is 7. The Balaban J connectivity index is 1.85. The lowest BCUT2D eigenvalue weighted by atomic mass is 10.2. The molecular weight excluding hydrogens is 504 g/mol. The number of ether oxygens (including phenoxy) is 2. The van der Waals surface area contributed by atoms with Gasteiger partial charge < -0.3 is 14.6 Å². The van der Waals surface area contributed by atoms with E-state index in [2.05, 4.69) is 52.4 Å². The third-order valence-electron chi connectivity index (χ3n) is 3.92. The van der Waals surface area contributed by atoms with Crippen molar-refractivity contribution in [3.8, 4) is 28.6 Å². The maximum absolute atomic E-state index is 10.4. The summed E-state index contributed by atoms with van der Waals surface area (Å²) in [5.41, 5.74) is 4.96. The first-order chi connectivity index (χ1) is 13.9. The molecule has 3 aromatic rings. The summed E-state index contributed by atoms with van der Waals surface area (Å²) in [7, 11) is 3.17. The summed E-state index contributed by atoms with van der Waals surface area (Å²) in [5, 5.41) is 14.6. The number of nitrogens with one attached hydrogen (secondary N) is 1. The lowest BCUT2D eigenvalue weighted by Gasteiger charge is -2.09. The van der Waals surface area contributed by atoms with Gasteiger partial charge in [-0.3, -0.25) is 5.43 Å². The van der Waals surface area contributed by atoms with Crippen LogP contribution in [0.5, 0.6) is 17.2 Å². The number of nitrogens with zero attached hydrogens (tertiary/aromatic N) is 3. The van der Waals surface area contributed by atoms with Crippen molar-refractivity contribution in [3.05, 3.63) is 56.6 Å². The van der Waals surface area contributed by atoms with Crippen LogP contribution in [0.1, 0.15) is 11.3 Å². The minimum atomic E-state index is 0.0681. The largest absolute Gasteiger partial charge is 0.506 e. The smallest absolute Gasteiger partial charge is 0.165 e. The van der Waals surface area contributed by atoms with Crippen LogP contribution in [0.4, 0.5) is 5.82 Å². The Bertz CT molecular complexity index is 1070. The van der Waals surface area contributed by atoms with E-state index in [0.717, 1.165) is 15.7 Å². The van der Waals surface area contributed by atoms with Crippen molar-refractivity contribution in [3.63, 3.8) is 0 Å². The number of aromatic hydroxyl groups is 1. The maximum Gasteiger partial charge on any atom is 0.165 e. The van der Waals surface area contributed by atoms with Crippen LogP contribution in [-0.4, -0.2) is 35.5 Å². The molecule has 2 aromatic carbocycles. The predicted octanol–water partition coefficient (Wildman–Crippen LogP) is 5.15. The average molecular weight is 522 g/mol. The minimum absolute atomic E-state index is 0.0681. The van der Waals surface area contributed by atoms with Gasteiger partial charge in [0.05, 0.1) is 30.5 Å².